The molecule has 1 aromatic heterocycles. The minimum atomic E-state index is -0.424. The van der Waals surface area contributed by atoms with E-state index in [2.05, 4.69) is 17.2 Å². The maximum absolute atomic E-state index is 12.5. The van der Waals surface area contributed by atoms with Crippen molar-refractivity contribution in [2.45, 2.75) is 32.6 Å². The number of amides is 1. The molecule has 1 fully saturated rings. The lowest BCUT2D eigenvalue weighted by atomic mass is 9.70. The molecular formula is C14H20ClN3O. The van der Waals surface area contributed by atoms with Crippen molar-refractivity contribution in [3.8, 4) is 0 Å². The molecule has 1 aromatic rings. The quantitative estimate of drug-likeness (QED) is 0.837. The Hall–Kier alpha value is -1.13. The summed E-state index contributed by atoms with van der Waals surface area (Å²) < 4.78 is 0. The first kappa shape index (κ1) is 14.3. The minimum absolute atomic E-state index is 0.00558. The molecule has 0 saturated heterocycles. The first-order valence-electron chi connectivity index (χ1n) is 6.69. The highest BCUT2D eigenvalue weighted by atomic mass is 35.5. The lowest BCUT2D eigenvalue weighted by Gasteiger charge is -2.37. The van der Waals surface area contributed by atoms with Gasteiger partial charge in [-0.1, -0.05) is 18.5 Å². The first-order chi connectivity index (χ1) is 9.05. The van der Waals surface area contributed by atoms with E-state index in [1.165, 1.54) is 0 Å². The van der Waals surface area contributed by atoms with Gasteiger partial charge in [-0.25, -0.2) is 4.98 Å². The molecule has 3 N–H and O–H groups in total. The average Bonchev–Trinajstić information content (AvgIpc) is 2.42. The van der Waals surface area contributed by atoms with E-state index in [1.54, 1.807) is 18.3 Å². The summed E-state index contributed by atoms with van der Waals surface area (Å²) in [6.07, 6.45) is 5.40. The topological polar surface area (TPSA) is 68.0 Å². The number of nitrogens with one attached hydrogen (secondary N) is 1. The van der Waals surface area contributed by atoms with Gasteiger partial charge in [-0.15, -0.1) is 0 Å². The van der Waals surface area contributed by atoms with Crippen LogP contribution in [0, 0.1) is 11.3 Å². The van der Waals surface area contributed by atoms with Gasteiger partial charge in [-0.2, -0.15) is 0 Å². The Morgan fingerprint density at radius 1 is 1.53 bits per heavy atom. The highest BCUT2D eigenvalue weighted by Crippen LogP contribution is 2.39. The number of halogens is 1. The second-order valence-electron chi connectivity index (χ2n) is 5.49. The van der Waals surface area contributed by atoms with E-state index in [4.69, 9.17) is 17.3 Å². The molecule has 5 heteroatoms. The van der Waals surface area contributed by atoms with E-state index >= 15 is 0 Å². The molecule has 2 rings (SSSR count). The largest absolute Gasteiger partial charge is 0.329 e. The lowest BCUT2D eigenvalue weighted by Crippen LogP contribution is -2.44. The molecule has 1 heterocycles. The summed E-state index contributed by atoms with van der Waals surface area (Å²) in [6, 6.07) is 3.41. The monoisotopic (exact) mass is 281 g/mol. The molecule has 104 valence electrons. The Balaban J connectivity index is 2.06. The van der Waals surface area contributed by atoms with Crippen molar-refractivity contribution < 1.29 is 4.79 Å². The van der Waals surface area contributed by atoms with Crippen LogP contribution in [0.5, 0.6) is 0 Å². The molecule has 4 nitrogen and oxygen atoms in total. The summed E-state index contributed by atoms with van der Waals surface area (Å²) in [5.74, 6) is 0.690. The first-order valence-corrected chi connectivity index (χ1v) is 7.06. The molecule has 0 bridgehead atoms. The third-order valence-electron chi connectivity index (χ3n) is 4.09. The molecule has 1 aliphatic rings. The molecule has 0 aliphatic heterocycles. The number of anilines is 1. The Morgan fingerprint density at radius 3 is 2.74 bits per heavy atom. The zero-order chi connectivity index (χ0) is 13.9. The van der Waals surface area contributed by atoms with Gasteiger partial charge in [0, 0.05) is 6.54 Å². The lowest BCUT2D eigenvalue weighted by molar-refractivity contribution is -0.127. The van der Waals surface area contributed by atoms with Gasteiger partial charge in [-0.05, 0) is 43.7 Å². The van der Waals surface area contributed by atoms with Crippen LogP contribution in [0.2, 0.25) is 5.15 Å². The van der Waals surface area contributed by atoms with Crippen molar-refractivity contribution in [1.82, 2.24) is 4.98 Å². The fraction of sp³-hybridized carbons (Fsp3) is 0.571. The number of aromatic nitrogens is 1. The van der Waals surface area contributed by atoms with Gasteiger partial charge in [-0.3, -0.25) is 4.79 Å². The van der Waals surface area contributed by atoms with Crippen LogP contribution in [0.4, 0.5) is 5.69 Å². The number of nitrogens with two attached hydrogens (primary N) is 1. The van der Waals surface area contributed by atoms with Gasteiger partial charge in [0.05, 0.1) is 17.3 Å². The van der Waals surface area contributed by atoms with Crippen molar-refractivity contribution in [1.29, 1.82) is 0 Å². The highest BCUT2D eigenvalue weighted by Gasteiger charge is 2.39. The van der Waals surface area contributed by atoms with Crippen LogP contribution in [0.1, 0.15) is 32.6 Å². The Labute approximate surface area is 118 Å². The molecule has 1 aliphatic carbocycles. The van der Waals surface area contributed by atoms with Gasteiger partial charge in [0.1, 0.15) is 5.15 Å². The Morgan fingerprint density at radius 2 is 2.21 bits per heavy atom. The van der Waals surface area contributed by atoms with E-state index in [-0.39, 0.29) is 5.91 Å². The molecule has 1 saturated carbocycles. The van der Waals surface area contributed by atoms with Gasteiger partial charge in [0.2, 0.25) is 5.91 Å². The molecular weight excluding hydrogens is 262 g/mol. The minimum Gasteiger partial charge on any atom is -0.329 e. The van der Waals surface area contributed by atoms with Crippen LogP contribution < -0.4 is 11.1 Å². The SMILES string of the molecule is CC1CCC(CN)(C(=O)Nc2ccc(Cl)nc2)CC1. The van der Waals surface area contributed by atoms with E-state index in [9.17, 15) is 4.79 Å². The number of carbonyl (C=O) groups excluding carboxylic acids is 1. The zero-order valence-electron chi connectivity index (χ0n) is 11.2. The Kier molecular flexibility index (Phi) is 4.42. The van der Waals surface area contributed by atoms with E-state index in [0.717, 1.165) is 25.7 Å². The molecule has 0 unspecified atom stereocenters. The summed E-state index contributed by atoms with van der Waals surface area (Å²) in [6.45, 7) is 2.62. The van der Waals surface area contributed by atoms with Crippen LogP contribution in [-0.2, 0) is 4.79 Å². The van der Waals surface area contributed by atoms with Gasteiger partial charge < -0.3 is 11.1 Å². The highest BCUT2D eigenvalue weighted by molar-refractivity contribution is 6.29. The fourth-order valence-corrected chi connectivity index (χ4v) is 2.66. The van der Waals surface area contributed by atoms with Crippen LogP contribution in [0.15, 0.2) is 18.3 Å². The predicted molar refractivity (Wildman–Crippen MR) is 77.0 cm³/mol. The molecule has 0 aromatic carbocycles. The van der Waals surface area contributed by atoms with Crippen LogP contribution >= 0.6 is 11.6 Å². The zero-order valence-corrected chi connectivity index (χ0v) is 11.9. The van der Waals surface area contributed by atoms with E-state index in [1.807, 2.05) is 0 Å². The Bertz CT molecular complexity index is 439. The third-order valence-corrected chi connectivity index (χ3v) is 4.31. The number of hydrogen-bond donors (Lipinski definition) is 2. The molecule has 19 heavy (non-hydrogen) atoms. The maximum atomic E-state index is 12.5. The van der Waals surface area contributed by atoms with E-state index in [0.29, 0.717) is 23.3 Å². The predicted octanol–water partition coefficient (Wildman–Crippen LogP) is 2.83. The summed E-state index contributed by atoms with van der Waals surface area (Å²) in [7, 11) is 0. The van der Waals surface area contributed by atoms with Crippen molar-refractivity contribution in [3.05, 3.63) is 23.5 Å². The maximum Gasteiger partial charge on any atom is 0.231 e. The van der Waals surface area contributed by atoms with Crippen LogP contribution in [0.3, 0.4) is 0 Å². The normalized spacial score (nSPS) is 27.0. The summed E-state index contributed by atoms with van der Waals surface area (Å²) in [4.78, 5) is 16.4. The summed E-state index contributed by atoms with van der Waals surface area (Å²) >= 11 is 5.72. The number of nitrogens with zero attached hydrogens (tertiary/aromatic N) is 1. The van der Waals surface area contributed by atoms with Gasteiger partial charge in [0.25, 0.3) is 0 Å². The second kappa shape index (κ2) is 5.88. The van der Waals surface area contributed by atoms with Crippen molar-refractivity contribution in [2.24, 2.45) is 17.1 Å². The molecule has 0 atom stereocenters. The number of hydrogen-bond acceptors (Lipinski definition) is 3. The van der Waals surface area contributed by atoms with Crippen molar-refractivity contribution >= 4 is 23.2 Å². The standard InChI is InChI=1S/C14H20ClN3O/c1-10-4-6-14(9-16,7-5-10)13(19)18-11-2-3-12(15)17-8-11/h2-3,8,10H,4-7,9,16H2,1H3,(H,18,19). The smallest absolute Gasteiger partial charge is 0.231 e. The second-order valence-corrected chi connectivity index (χ2v) is 5.88. The molecule has 1 amide bonds. The van der Waals surface area contributed by atoms with E-state index < -0.39 is 5.41 Å². The molecule has 0 radical (unpaired) electrons. The van der Waals surface area contributed by atoms with Crippen LogP contribution in [-0.4, -0.2) is 17.4 Å². The van der Waals surface area contributed by atoms with Crippen LogP contribution in [0.25, 0.3) is 0 Å². The number of rotatable bonds is 3. The van der Waals surface area contributed by atoms with Gasteiger partial charge >= 0.3 is 0 Å². The molecule has 0 spiro atoms. The fourth-order valence-electron chi connectivity index (χ4n) is 2.55. The number of pyridine rings is 1. The third kappa shape index (κ3) is 3.25. The van der Waals surface area contributed by atoms with Crippen molar-refractivity contribution in [3.63, 3.8) is 0 Å². The summed E-state index contributed by atoms with van der Waals surface area (Å²) in [5.41, 5.74) is 6.11. The average molecular weight is 282 g/mol. The summed E-state index contributed by atoms with van der Waals surface area (Å²) in [5, 5.41) is 3.32. The van der Waals surface area contributed by atoms with Gasteiger partial charge in [0.15, 0.2) is 0 Å². The van der Waals surface area contributed by atoms with Crippen molar-refractivity contribution in [2.75, 3.05) is 11.9 Å². The number of carbonyl (C=O) groups is 1.